The van der Waals surface area contributed by atoms with Crippen LogP contribution in [-0.4, -0.2) is 36.1 Å². The molecule has 0 radical (unpaired) electrons. The Labute approximate surface area is 162 Å². The lowest BCUT2D eigenvalue weighted by atomic mass is 10.1. The van der Waals surface area contributed by atoms with Gasteiger partial charge in [-0.15, -0.1) is 0 Å². The molecule has 0 saturated carbocycles. The molecule has 0 unspecified atom stereocenters. The molecule has 9 heteroatoms. The summed E-state index contributed by atoms with van der Waals surface area (Å²) in [7, 11) is -4.05. The number of benzene rings is 2. The van der Waals surface area contributed by atoms with Gasteiger partial charge in [0.25, 0.3) is 5.69 Å². The van der Waals surface area contributed by atoms with Crippen LogP contribution in [0.4, 0.5) is 5.69 Å². The van der Waals surface area contributed by atoms with Crippen LogP contribution in [-0.2, 0) is 21.2 Å². The average molecular weight is 401 g/mol. The summed E-state index contributed by atoms with van der Waals surface area (Å²) in [5.74, 6) is -0.416. The first-order valence-electron chi connectivity index (χ1n) is 8.57. The van der Waals surface area contributed by atoms with E-state index >= 15 is 0 Å². The maximum absolute atomic E-state index is 13.2. The van der Waals surface area contributed by atoms with Gasteiger partial charge in [-0.2, -0.15) is 4.31 Å². The van der Waals surface area contributed by atoms with Crippen molar-refractivity contribution in [3.8, 4) is 0 Å². The summed E-state index contributed by atoms with van der Waals surface area (Å²) in [6.45, 7) is 1.71. The largest absolute Gasteiger partial charge is 0.329 e. The maximum atomic E-state index is 13.2. The van der Waals surface area contributed by atoms with E-state index in [1.165, 1.54) is 12.1 Å². The number of allylic oxidation sites excluding steroid dienone is 1. The number of nitrogens with one attached hydrogen (secondary N) is 1. The molecule has 0 spiro atoms. The quantitative estimate of drug-likeness (QED) is 0.610. The van der Waals surface area contributed by atoms with Crippen molar-refractivity contribution >= 4 is 21.6 Å². The molecule has 2 aromatic rings. The minimum absolute atomic E-state index is 0.0153. The molecule has 28 heavy (non-hydrogen) atoms. The molecule has 1 aliphatic rings. The Kier molecular flexibility index (Phi) is 5.57. The van der Waals surface area contributed by atoms with Gasteiger partial charge < -0.3 is 5.32 Å². The molecule has 1 heterocycles. The van der Waals surface area contributed by atoms with Crippen LogP contribution in [0.25, 0.3) is 0 Å². The van der Waals surface area contributed by atoms with Crippen molar-refractivity contribution in [3.05, 3.63) is 82.0 Å². The fourth-order valence-electron chi connectivity index (χ4n) is 2.99. The number of sulfonamides is 1. The molecule has 146 valence electrons. The van der Waals surface area contributed by atoms with Crippen LogP contribution in [0.2, 0.25) is 0 Å². The topological polar surface area (TPSA) is 110 Å². The number of carbonyl (C=O) groups is 1. The smallest absolute Gasteiger partial charge is 0.269 e. The van der Waals surface area contributed by atoms with Crippen LogP contribution >= 0.6 is 0 Å². The van der Waals surface area contributed by atoms with Crippen LogP contribution in [0.5, 0.6) is 0 Å². The summed E-state index contributed by atoms with van der Waals surface area (Å²) >= 11 is 0. The van der Waals surface area contributed by atoms with E-state index < -0.39 is 26.9 Å². The van der Waals surface area contributed by atoms with Crippen molar-refractivity contribution < 1.29 is 18.1 Å². The van der Waals surface area contributed by atoms with E-state index in [2.05, 4.69) is 5.32 Å². The summed E-state index contributed by atoms with van der Waals surface area (Å²) in [6, 6.07) is 12.8. The highest BCUT2D eigenvalue weighted by molar-refractivity contribution is 7.89. The molecule has 1 atom stereocenters. The van der Waals surface area contributed by atoms with Gasteiger partial charge in [0.2, 0.25) is 15.9 Å². The van der Waals surface area contributed by atoms with Gasteiger partial charge in [0.15, 0.2) is 0 Å². The number of rotatable bonds is 5. The zero-order chi connectivity index (χ0) is 20.3. The lowest BCUT2D eigenvalue weighted by Crippen LogP contribution is -2.48. The van der Waals surface area contributed by atoms with Gasteiger partial charge in [-0.05, 0) is 31.0 Å². The highest BCUT2D eigenvalue weighted by atomic mass is 32.2. The molecule has 2 aromatic carbocycles. The fourth-order valence-corrected chi connectivity index (χ4v) is 4.51. The maximum Gasteiger partial charge on any atom is 0.269 e. The zero-order valence-electron chi connectivity index (χ0n) is 15.1. The normalized spacial score (nSPS) is 18.1. The Morgan fingerprint density at radius 1 is 1.14 bits per heavy atom. The summed E-state index contributed by atoms with van der Waals surface area (Å²) in [6.07, 6.45) is 1.84. The van der Waals surface area contributed by atoms with Crippen LogP contribution in [0.15, 0.2) is 71.3 Å². The van der Waals surface area contributed by atoms with Crippen molar-refractivity contribution in [3.63, 3.8) is 0 Å². The second-order valence-electron chi connectivity index (χ2n) is 6.41. The minimum atomic E-state index is -4.05. The van der Waals surface area contributed by atoms with Crippen LogP contribution in [0.1, 0.15) is 12.5 Å². The molecule has 8 nitrogen and oxygen atoms in total. The predicted molar refractivity (Wildman–Crippen MR) is 103 cm³/mol. The number of nitro groups is 1. The summed E-state index contributed by atoms with van der Waals surface area (Å²) < 4.78 is 27.6. The van der Waals surface area contributed by atoms with E-state index in [4.69, 9.17) is 0 Å². The number of nitrogens with zero attached hydrogens (tertiary/aromatic N) is 2. The highest BCUT2D eigenvalue weighted by Gasteiger charge is 2.37. The fraction of sp³-hybridized carbons (Fsp3) is 0.211. The van der Waals surface area contributed by atoms with Gasteiger partial charge in [-0.3, -0.25) is 14.9 Å². The summed E-state index contributed by atoms with van der Waals surface area (Å²) in [4.78, 5) is 22.8. The Morgan fingerprint density at radius 3 is 2.39 bits per heavy atom. The van der Waals surface area contributed by atoms with E-state index in [1.54, 1.807) is 13.0 Å². The highest BCUT2D eigenvalue weighted by Crippen LogP contribution is 2.24. The first-order valence-corrected chi connectivity index (χ1v) is 10.0. The standard InChI is InChI=1S/C19H19N3O5S/c1-14-11-12-21(18(19(23)20-14)13-15-5-3-2-4-6-15)28(26,27)17-9-7-16(8-10-17)22(24)25/h2-11,18H,12-13H2,1H3,(H,20,23)/t18-/m0/s1. The lowest BCUT2D eigenvalue weighted by Gasteiger charge is -2.27. The van der Waals surface area contributed by atoms with Crippen LogP contribution in [0, 0.1) is 10.1 Å². The third-order valence-corrected chi connectivity index (χ3v) is 6.36. The first kappa shape index (κ1) is 19.7. The average Bonchev–Trinajstić information content (AvgIpc) is 2.81. The number of amides is 1. The SMILES string of the molecule is CC1=CCN(S(=O)(=O)c2ccc([N+](=O)[O-])cc2)[C@@H](Cc2ccccc2)C(=O)N1. The van der Waals surface area contributed by atoms with Gasteiger partial charge in [0.1, 0.15) is 6.04 Å². The molecule has 3 rings (SSSR count). The molecular formula is C19H19N3O5S. The van der Waals surface area contributed by atoms with E-state index in [0.717, 1.165) is 22.0 Å². The second kappa shape index (κ2) is 7.91. The van der Waals surface area contributed by atoms with Crippen molar-refractivity contribution in [1.29, 1.82) is 0 Å². The molecule has 0 saturated heterocycles. The van der Waals surface area contributed by atoms with E-state index in [0.29, 0.717) is 5.70 Å². The number of hydrogen-bond donors (Lipinski definition) is 1. The Bertz CT molecular complexity index is 1020. The van der Waals surface area contributed by atoms with Crippen molar-refractivity contribution in [1.82, 2.24) is 9.62 Å². The monoisotopic (exact) mass is 401 g/mol. The molecule has 0 fully saturated rings. The zero-order valence-corrected chi connectivity index (χ0v) is 15.9. The number of carbonyl (C=O) groups excluding carboxylic acids is 1. The molecule has 1 aliphatic heterocycles. The van der Waals surface area contributed by atoms with Gasteiger partial charge in [0.05, 0.1) is 9.82 Å². The first-order chi connectivity index (χ1) is 13.3. The van der Waals surface area contributed by atoms with Crippen molar-refractivity contribution in [2.75, 3.05) is 6.54 Å². The lowest BCUT2D eigenvalue weighted by molar-refractivity contribution is -0.384. The third kappa shape index (κ3) is 4.10. The Balaban J connectivity index is 2.00. The van der Waals surface area contributed by atoms with Gasteiger partial charge in [-0.25, -0.2) is 8.42 Å². The minimum Gasteiger partial charge on any atom is -0.329 e. The van der Waals surface area contributed by atoms with E-state index in [-0.39, 0.29) is 23.5 Å². The summed E-state index contributed by atoms with van der Waals surface area (Å²) in [5.41, 5.74) is 1.19. The Morgan fingerprint density at radius 2 is 1.79 bits per heavy atom. The Hall–Kier alpha value is -3.04. The van der Waals surface area contributed by atoms with Gasteiger partial charge in [-0.1, -0.05) is 36.4 Å². The van der Waals surface area contributed by atoms with Crippen molar-refractivity contribution in [2.24, 2.45) is 0 Å². The summed E-state index contributed by atoms with van der Waals surface area (Å²) in [5, 5.41) is 13.5. The van der Waals surface area contributed by atoms with Crippen molar-refractivity contribution in [2.45, 2.75) is 24.3 Å². The third-order valence-electron chi connectivity index (χ3n) is 4.47. The number of non-ortho nitro benzene ring substituents is 1. The predicted octanol–water partition coefficient (Wildman–Crippen LogP) is 2.23. The number of hydrogen-bond acceptors (Lipinski definition) is 5. The molecule has 0 bridgehead atoms. The number of nitro benzene ring substituents is 1. The van der Waals surface area contributed by atoms with Gasteiger partial charge >= 0.3 is 0 Å². The second-order valence-corrected chi connectivity index (χ2v) is 8.30. The molecular weight excluding hydrogens is 382 g/mol. The van der Waals surface area contributed by atoms with E-state index in [9.17, 15) is 23.3 Å². The molecule has 1 amide bonds. The van der Waals surface area contributed by atoms with E-state index in [1.807, 2.05) is 30.3 Å². The molecule has 0 aromatic heterocycles. The van der Waals surface area contributed by atoms with Crippen LogP contribution < -0.4 is 5.32 Å². The van der Waals surface area contributed by atoms with Crippen LogP contribution in [0.3, 0.4) is 0 Å². The molecule has 0 aliphatic carbocycles. The molecule has 1 N–H and O–H groups in total. The van der Waals surface area contributed by atoms with Gasteiger partial charge in [0, 0.05) is 24.4 Å².